The highest BCUT2D eigenvalue weighted by molar-refractivity contribution is 7.81. The van der Waals surface area contributed by atoms with Crippen molar-refractivity contribution in [3.8, 4) is 0 Å². The topological polar surface area (TPSA) is 43.8 Å². The number of hydrogen-bond acceptors (Lipinski definition) is 3. The molecular weight excluding hydrogens is 236 g/mol. The van der Waals surface area contributed by atoms with Gasteiger partial charge >= 0.3 is 6.09 Å². The minimum Gasteiger partial charge on any atom is -0.465 e. The molecule has 2 fully saturated rings. The van der Waals surface area contributed by atoms with Gasteiger partial charge in [0.1, 0.15) is 0 Å². The fourth-order valence-corrected chi connectivity index (χ4v) is 3.28. The van der Waals surface area contributed by atoms with Gasteiger partial charge in [-0.1, -0.05) is 0 Å². The lowest BCUT2D eigenvalue weighted by Gasteiger charge is -2.36. The molecule has 0 bridgehead atoms. The minimum atomic E-state index is -0.767. The molecule has 2 saturated heterocycles. The molecule has 0 aromatic carbocycles. The number of piperidine rings is 2. The van der Waals surface area contributed by atoms with Crippen molar-refractivity contribution >= 4 is 18.7 Å². The van der Waals surface area contributed by atoms with Gasteiger partial charge in [0.2, 0.25) is 0 Å². The summed E-state index contributed by atoms with van der Waals surface area (Å²) < 4.78 is 0. The molecule has 1 atom stereocenters. The van der Waals surface area contributed by atoms with E-state index in [2.05, 4.69) is 17.5 Å². The third-order valence-electron chi connectivity index (χ3n) is 3.88. The highest BCUT2D eigenvalue weighted by Crippen LogP contribution is 2.21. The Morgan fingerprint density at radius 1 is 1.24 bits per heavy atom. The summed E-state index contributed by atoms with van der Waals surface area (Å²) in [5, 5.41) is 9.42. The number of thiol groups is 1. The number of nitrogens with zero attached hydrogens (tertiary/aromatic N) is 2. The van der Waals surface area contributed by atoms with Gasteiger partial charge in [0, 0.05) is 31.4 Å². The van der Waals surface area contributed by atoms with Crippen molar-refractivity contribution in [3.05, 3.63) is 0 Å². The Kier molecular flexibility index (Phi) is 4.56. The van der Waals surface area contributed by atoms with Gasteiger partial charge in [-0.2, -0.15) is 12.6 Å². The molecule has 2 aliphatic rings. The molecule has 5 heteroatoms. The SMILES string of the molecule is O=C(O)N1CCC(CN2CCC[C@@H](S)C2)CC1. The molecule has 0 spiro atoms. The van der Waals surface area contributed by atoms with Gasteiger partial charge in [0.25, 0.3) is 0 Å². The van der Waals surface area contributed by atoms with Gasteiger partial charge in [-0.15, -0.1) is 0 Å². The largest absolute Gasteiger partial charge is 0.465 e. The van der Waals surface area contributed by atoms with E-state index in [-0.39, 0.29) is 0 Å². The number of likely N-dealkylation sites (tertiary alicyclic amines) is 2. The van der Waals surface area contributed by atoms with Crippen LogP contribution in [0.2, 0.25) is 0 Å². The van der Waals surface area contributed by atoms with E-state index in [0.29, 0.717) is 24.3 Å². The zero-order valence-corrected chi connectivity index (χ0v) is 11.1. The smallest absolute Gasteiger partial charge is 0.407 e. The minimum absolute atomic E-state index is 0.530. The van der Waals surface area contributed by atoms with Crippen LogP contribution >= 0.6 is 12.6 Å². The van der Waals surface area contributed by atoms with E-state index in [4.69, 9.17) is 5.11 Å². The molecule has 98 valence electrons. The Bertz CT molecular complexity index is 267. The van der Waals surface area contributed by atoms with Crippen LogP contribution in [0.15, 0.2) is 0 Å². The van der Waals surface area contributed by atoms with Crippen molar-refractivity contribution in [2.24, 2.45) is 5.92 Å². The second-order valence-electron chi connectivity index (χ2n) is 5.27. The molecule has 0 radical (unpaired) electrons. The molecule has 1 N–H and O–H groups in total. The lowest BCUT2D eigenvalue weighted by molar-refractivity contribution is 0.110. The molecule has 2 rings (SSSR count). The number of rotatable bonds is 2. The second-order valence-corrected chi connectivity index (χ2v) is 6.00. The summed E-state index contributed by atoms with van der Waals surface area (Å²) in [5.41, 5.74) is 0. The Morgan fingerprint density at radius 2 is 1.94 bits per heavy atom. The van der Waals surface area contributed by atoms with E-state index >= 15 is 0 Å². The van der Waals surface area contributed by atoms with E-state index in [1.54, 1.807) is 0 Å². The van der Waals surface area contributed by atoms with Crippen molar-refractivity contribution in [2.45, 2.75) is 30.9 Å². The first-order chi connectivity index (χ1) is 8.15. The van der Waals surface area contributed by atoms with E-state index in [1.807, 2.05) is 0 Å². The molecule has 1 amide bonds. The van der Waals surface area contributed by atoms with Gasteiger partial charge in [-0.25, -0.2) is 4.79 Å². The van der Waals surface area contributed by atoms with Crippen molar-refractivity contribution < 1.29 is 9.90 Å². The van der Waals surface area contributed by atoms with Gasteiger partial charge < -0.3 is 14.9 Å². The van der Waals surface area contributed by atoms with Crippen LogP contribution < -0.4 is 0 Å². The fourth-order valence-electron chi connectivity index (χ4n) is 2.87. The van der Waals surface area contributed by atoms with Crippen molar-refractivity contribution in [2.75, 3.05) is 32.7 Å². The summed E-state index contributed by atoms with van der Waals surface area (Å²) in [6.45, 7) is 4.83. The maximum Gasteiger partial charge on any atom is 0.407 e. The Morgan fingerprint density at radius 3 is 2.53 bits per heavy atom. The molecule has 17 heavy (non-hydrogen) atoms. The summed E-state index contributed by atoms with van der Waals surface area (Å²) in [4.78, 5) is 14.8. The van der Waals surface area contributed by atoms with E-state index < -0.39 is 6.09 Å². The Balaban J connectivity index is 1.72. The lowest BCUT2D eigenvalue weighted by atomic mass is 9.95. The van der Waals surface area contributed by atoms with Crippen LogP contribution in [0.3, 0.4) is 0 Å². The Hall–Kier alpha value is -0.420. The number of carbonyl (C=O) groups is 1. The Labute approximate surface area is 108 Å². The van der Waals surface area contributed by atoms with Crippen molar-refractivity contribution in [3.63, 3.8) is 0 Å². The van der Waals surface area contributed by atoms with Crippen LogP contribution in [0.25, 0.3) is 0 Å². The third-order valence-corrected chi connectivity index (χ3v) is 4.30. The zero-order chi connectivity index (χ0) is 12.3. The summed E-state index contributed by atoms with van der Waals surface area (Å²) >= 11 is 4.55. The van der Waals surface area contributed by atoms with Gasteiger partial charge in [0.15, 0.2) is 0 Å². The molecule has 4 nitrogen and oxygen atoms in total. The van der Waals surface area contributed by atoms with Crippen LogP contribution in [0.5, 0.6) is 0 Å². The van der Waals surface area contributed by atoms with E-state index in [1.165, 1.54) is 24.3 Å². The third kappa shape index (κ3) is 3.78. The van der Waals surface area contributed by atoms with E-state index in [0.717, 1.165) is 25.9 Å². The first kappa shape index (κ1) is 13.0. The lowest BCUT2D eigenvalue weighted by Crippen LogP contribution is -2.43. The average molecular weight is 258 g/mol. The van der Waals surface area contributed by atoms with Crippen molar-refractivity contribution in [1.82, 2.24) is 9.80 Å². The molecule has 0 aliphatic carbocycles. The summed E-state index contributed by atoms with van der Waals surface area (Å²) in [6, 6.07) is 0. The predicted molar refractivity (Wildman–Crippen MR) is 70.8 cm³/mol. The molecule has 0 aromatic heterocycles. The molecule has 0 aromatic rings. The number of hydrogen-bond donors (Lipinski definition) is 2. The normalized spacial score (nSPS) is 28.3. The molecule has 2 aliphatic heterocycles. The first-order valence-corrected chi connectivity index (χ1v) is 7.05. The monoisotopic (exact) mass is 258 g/mol. The summed E-state index contributed by atoms with van der Waals surface area (Å²) in [5.74, 6) is 0.671. The fraction of sp³-hybridized carbons (Fsp3) is 0.917. The average Bonchev–Trinajstić information content (AvgIpc) is 2.29. The van der Waals surface area contributed by atoms with E-state index in [9.17, 15) is 4.79 Å². The molecular formula is C12H22N2O2S. The van der Waals surface area contributed by atoms with Crippen LogP contribution in [0, 0.1) is 5.92 Å². The number of carboxylic acid groups (broad SMARTS) is 1. The van der Waals surface area contributed by atoms with Gasteiger partial charge in [-0.3, -0.25) is 0 Å². The molecule has 0 unspecified atom stereocenters. The predicted octanol–water partition coefficient (Wildman–Crippen LogP) is 1.77. The van der Waals surface area contributed by atoms with Gasteiger partial charge in [0.05, 0.1) is 0 Å². The summed E-state index contributed by atoms with van der Waals surface area (Å²) in [7, 11) is 0. The van der Waals surface area contributed by atoms with Crippen LogP contribution in [0.1, 0.15) is 25.7 Å². The second kappa shape index (κ2) is 5.96. The maximum absolute atomic E-state index is 10.8. The van der Waals surface area contributed by atoms with Gasteiger partial charge in [-0.05, 0) is 38.1 Å². The van der Waals surface area contributed by atoms with Crippen LogP contribution in [-0.4, -0.2) is 59.0 Å². The maximum atomic E-state index is 10.8. The highest BCUT2D eigenvalue weighted by atomic mass is 32.1. The highest BCUT2D eigenvalue weighted by Gasteiger charge is 2.25. The van der Waals surface area contributed by atoms with Crippen LogP contribution in [-0.2, 0) is 0 Å². The number of amides is 1. The molecule has 0 saturated carbocycles. The quantitative estimate of drug-likeness (QED) is 0.742. The standard InChI is InChI=1S/C12H22N2O2S/c15-12(16)14-6-3-10(4-7-14)8-13-5-1-2-11(17)9-13/h10-11,17H,1-9H2,(H,15,16)/t11-/m1/s1. The van der Waals surface area contributed by atoms with Crippen molar-refractivity contribution in [1.29, 1.82) is 0 Å². The molecule has 2 heterocycles. The zero-order valence-electron chi connectivity index (χ0n) is 10.2. The first-order valence-electron chi connectivity index (χ1n) is 6.53. The summed E-state index contributed by atoms with van der Waals surface area (Å²) in [6.07, 6.45) is 3.75. The van der Waals surface area contributed by atoms with Crippen LogP contribution in [0.4, 0.5) is 4.79 Å².